The van der Waals surface area contributed by atoms with Crippen LogP contribution in [0.2, 0.25) is 0 Å². The van der Waals surface area contributed by atoms with Crippen molar-refractivity contribution in [3.8, 4) is 0 Å². The Kier molecular flexibility index (Phi) is 6.97. The van der Waals surface area contributed by atoms with E-state index >= 15 is 0 Å². The second kappa shape index (κ2) is 8.74. The summed E-state index contributed by atoms with van der Waals surface area (Å²) in [7, 11) is 0. The minimum absolute atomic E-state index is 0.229. The zero-order valence-electron chi connectivity index (χ0n) is 13.4. The van der Waals surface area contributed by atoms with Crippen LogP contribution in [0.3, 0.4) is 0 Å². The lowest BCUT2D eigenvalue weighted by molar-refractivity contribution is -0.135. The molecule has 122 valence electrons. The normalized spacial score (nSPS) is 29.0. The highest BCUT2D eigenvalue weighted by Gasteiger charge is 2.27. The summed E-state index contributed by atoms with van der Waals surface area (Å²) in [6, 6.07) is 0.229. The van der Waals surface area contributed by atoms with Crippen LogP contribution in [-0.2, 0) is 9.53 Å². The molecule has 2 rings (SSSR count). The minimum Gasteiger partial charge on any atom is -0.393 e. The minimum atomic E-state index is -0.329. The van der Waals surface area contributed by atoms with Gasteiger partial charge in [-0.3, -0.25) is 4.79 Å². The Balaban J connectivity index is 1.84. The first-order valence-electron chi connectivity index (χ1n) is 8.76. The van der Waals surface area contributed by atoms with Gasteiger partial charge in [-0.05, 0) is 51.9 Å². The summed E-state index contributed by atoms with van der Waals surface area (Å²) in [5.74, 6) is 0.261. The van der Waals surface area contributed by atoms with Crippen LogP contribution in [0.15, 0.2) is 0 Å². The smallest absolute Gasteiger partial charge is 0.222 e. The molecule has 2 heterocycles. The van der Waals surface area contributed by atoms with E-state index in [4.69, 9.17) is 4.74 Å². The predicted octanol–water partition coefficient (Wildman–Crippen LogP) is 2.88. The molecule has 0 radical (unpaired) electrons. The van der Waals surface area contributed by atoms with Crippen LogP contribution in [0.4, 0.5) is 0 Å². The van der Waals surface area contributed by atoms with E-state index in [-0.39, 0.29) is 24.2 Å². The molecule has 3 atom stereocenters. The molecule has 21 heavy (non-hydrogen) atoms. The Hall–Kier alpha value is -0.610. The quantitative estimate of drug-likeness (QED) is 0.849. The van der Waals surface area contributed by atoms with Crippen molar-refractivity contribution in [3.63, 3.8) is 0 Å². The van der Waals surface area contributed by atoms with Crippen molar-refractivity contribution >= 4 is 5.91 Å². The Morgan fingerprint density at radius 3 is 2.76 bits per heavy atom. The number of rotatable bonds is 5. The van der Waals surface area contributed by atoms with Gasteiger partial charge < -0.3 is 14.7 Å². The van der Waals surface area contributed by atoms with Crippen LogP contribution in [-0.4, -0.2) is 47.3 Å². The molecule has 0 aromatic heterocycles. The van der Waals surface area contributed by atoms with E-state index in [1.165, 1.54) is 19.3 Å². The summed E-state index contributed by atoms with van der Waals surface area (Å²) in [6.45, 7) is 3.54. The van der Waals surface area contributed by atoms with Gasteiger partial charge in [0, 0.05) is 25.6 Å². The molecule has 1 N–H and O–H groups in total. The number of hydrogen-bond donors (Lipinski definition) is 1. The zero-order chi connectivity index (χ0) is 15.1. The molecule has 0 spiro atoms. The average molecular weight is 297 g/mol. The van der Waals surface area contributed by atoms with Crippen LogP contribution >= 0.6 is 0 Å². The van der Waals surface area contributed by atoms with Gasteiger partial charge in [0.05, 0.1) is 12.2 Å². The SMILES string of the molecule is CC(O)CC1CCCCCN1C(=O)CCC1CCCCO1. The van der Waals surface area contributed by atoms with Crippen molar-refractivity contribution in [3.05, 3.63) is 0 Å². The molecule has 3 unspecified atom stereocenters. The molecule has 1 amide bonds. The number of aliphatic hydroxyl groups is 1. The summed E-state index contributed by atoms with van der Waals surface area (Å²) >= 11 is 0. The largest absolute Gasteiger partial charge is 0.393 e. The van der Waals surface area contributed by atoms with Crippen LogP contribution in [0.5, 0.6) is 0 Å². The van der Waals surface area contributed by atoms with Crippen molar-refractivity contribution in [1.29, 1.82) is 0 Å². The first-order valence-corrected chi connectivity index (χ1v) is 8.76. The lowest BCUT2D eigenvalue weighted by Crippen LogP contribution is -2.41. The van der Waals surface area contributed by atoms with Gasteiger partial charge in [0.1, 0.15) is 0 Å². The van der Waals surface area contributed by atoms with Crippen LogP contribution in [0.1, 0.15) is 71.1 Å². The zero-order valence-corrected chi connectivity index (χ0v) is 13.4. The van der Waals surface area contributed by atoms with Crippen molar-refractivity contribution in [2.75, 3.05) is 13.2 Å². The standard InChI is InChI=1S/C17H31NO3/c1-14(19)13-15-7-3-2-5-11-18(15)17(20)10-9-16-8-4-6-12-21-16/h14-16,19H,2-13H2,1H3. The molecule has 2 aliphatic rings. The van der Waals surface area contributed by atoms with Gasteiger partial charge in [0.2, 0.25) is 5.91 Å². The van der Waals surface area contributed by atoms with E-state index in [1.54, 1.807) is 0 Å². The summed E-state index contributed by atoms with van der Waals surface area (Å²) < 4.78 is 5.72. The Labute approximate surface area is 128 Å². The van der Waals surface area contributed by atoms with Gasteiger partial charge >= 0.3 is 0 Å². The van der Waals surface area contributed by atoms with Gasteiger partial charge in [0.25, 0.3) is 0 Å². The third-order valence-corrected chi connectivity index (χ3v) is 4.76. The van der Waals surface area contributed by atoms with Crippen LogP contribution in [0.25, 0.3) is 0 Å². The number of ether oxygens (including phenoxy) is 1. The van der Waals surface area contributed by atoms with Crippen molar-refractivity contribution in [2.45, 2.75) is 89.4 Å². The molecule has 0 bridgehead atoms. The molecule has 0 aromatic rings. The summed E-state index contributed by atoms with van der Waals surface area (Å²) in [4.78, 5) is 14.6. The van der Waals surface area contributed by atoms with Crippen molar-refractivity contribution in [2.24, 2.45) is 0 Å². The van der Waals surface area contributed by atoms with E-state index in [2.05, 4.69) is 0 Å². The number of aliphatic hydroxyl groups excluding tert-OH is 1. The predicted molar refractivity (Wildman–Crippen MR) is 83.1 cm³/mol. The number of nitrogens with zero attached hydrogens (tertiary/aromatic N) is 1. The van der Waals surface area contributed by atoms with Crippen molar-refractivity contribution < 1.29 is 14.6 Å². The van der Waals surface area contributed by atoms with E-state index < -0.39 is 0 Å². The Bertz CT molecular complexity index is 313. The maximum atomic E-state index is 12.6. The van der Waals surface area contributed by atoms with Gasteiger partial charge in [-0.15, -0.1) is 0 Å². The summed E-state index contributed by atoms with van der Waals surface area (Å²) in [5, 5.41) is 9.67. The molecular weight excluding hydrogens is 266 g/mol. The Morgan fingerprint density at radius 1 is 1.24 bits per heavy atom. The van der Waals surface area contributed by atoms with Gasteiger partial charge in [-0.25, -0.2) is 0 Å². The van der Waals surface area contributed by atoms with E-state index in [0.717, 1.165) is 45.3 Å². The maximum absolute atomic E-state index is 12.6. The molecule has 4 nitrogen and oxygen atoms in total. The second-order valence-corrected chi connectivity index (χ2v) is 6.70. The highest BCUT2D eigenvalue weighted by atomic mass is 16.5. The molecule has 0 aromatic carbocycles. The summed E-state index contributed by atoms with van der Waals surface area (Å²) in [6.07, 6.45) is 10.1. The molecule has 2 saturated heterocycles. The molecular formula is C17H31NO3. The molecule has 2 aliphatic heterocycles. The van der Waals surface area contributed by atoms with Crippen molar-refractivity contribution in [1.82, 2.24) is 4.90 Å². The highest BCUT2D eigenvalue weighted by Crippen LogP contribution is 2.23. The second-order valence-electron chi connectivity index (χ2n) is 6.70. The van der Waals surface area contributed by atoms with Gasteiger partial charge in [-0.1, -0.05) is 12.8 Å². The van der Waals surface area contributed by atoms with Crippen LogP contribution in [0, 0.1) is 0 Å². The summed E-state index contributed by atoms with van der Waals surface area (Å²) in [5.41, 5.74) is 0. The fourth-order valence-electron chi connectivity index (χ4n) is 3.61. The number of amides is 1. The molecule has 0 saturated carbocycles. The highest BCUT2D eigenvalue weighted by molar-refractivity contribution is 5.76. The van der Waals surface area contributed by atoms with Gasteiger partial charge in [-0.2, -0.15) is 0 Å². The Morgan fingerprint density at radius 2 is 2.05 bits per heavy atom. The van der Waals surface area contributed by atoms with E-state index in [1.807, 2.05) is 11.8 Å². The fourth-order valence-corrected chi connectivity index (χ4v) is 3.61. The molecule has 2 fully saturated rings. The third kappa shape index (κ3) is 5.59. The van der Waals surface area contributed by atoms with E-state index in [0.29, 0.717) is 12.8 Å². The number of likely N-dealkylation sites (tertiary alicyclic amines) is 1. The molecule has 4 heteroatoms. The number of carbonyl (C=O) groups is 1. The third-order valence-electron chi connectivity index (χ3n) is 4.76. The topological polar surface area (TPSA) is 49.8 Å². The lowest BCUT2D eigenvalue weighted by Gasteiger charge is -2.32. The fraction of sp³-hybridized carbons (Fsp3) is 0.941. The molecule has 0 aliphatic carbocycles. The maximum Gasteiger partial charge on any atom is 0.222 e. The average Bonchev–Trinajstić information content (AvgIpc) is 2.71. The lowest BCUT2D eigenvalue weighted by atomic mass is 10.0. The van der Waals surface area contributed by atoms with Gasteiger partial charge in [0.15, 0.2) is 0 Å². The van der Waals surface area contributed by atoms with Crippen LogP contribution < -0.4 is 0 Å². The van der Waals surface area contributed by atoms with E-state index in [9.17, 15) is 9.90 Å². The monoisotopic (exact) mass is 297 g/mol. The first-order chi connectivity index (χ1) is 10.2. The number of carbonyl (C=O) groups excluding carboxylic acids is 1. The first kappa shape index (κ1) is 16.8. The number of hydrogen-bond acceptors (Lipinski definition) is 3.